The lowest BCUT2D eigenvalue weighted by atomic mass is 9.63. The third-order valence-corrected chi connectivity index (χ3v) is 8.46. The first-order chi connectivity index (χ1) is 17.1. The number of likely N-dealkylation sites (tertiary alicyclic amines) is 1. The molecule has 0 unspecified atom stereocenters. The van der Waals surface area contributed by atoms with Crippen molar-refractivity contribution in [3.05, 3.63) is 76.8 Å². The van der Waals surface area contributed by atoms with E-state index >= 15 is 0 Å². The van der Waals surface area contributed by atoms with Crippen LogP contribution in [-0.4, -0.2) is 28.7 Å². The monoisotopic (exact) mass is 514 g/mol. The van der Waals surface area contributed by atoms with Crippen LogP contribution in [0.2, 0.25) is 5.02 Å². The molecule has 5 nitrogen and oxygen atoms in total. The van der Waals surface area contributed by atoms with Crippen molar-refractivity contribution < 1.29 is 27.6 Å². The Hall–Kier alpha value is -3.13. The molecule has 186 valence electrons. The Morgan fingerprint density at radius 1 is 1.00 bits per heavy atom. The van der Waals surface area contributed by atoms with E-state index in [2.05, 4.69) is 5.32 Å². The second kappa shape index (κ2) is 8.20. The summed E-state index contributed by atoms with van der Waals surface area (Å²) in [5, 5.41) is 2.39. The SMILES string of the molecule is O=C(Nc1cc(C(F)(F)F)ccc1Cl)[C@H](Cc1ccccc1)N1C(=O)[C@@H]2[C@@H]3C=C[C@H]([C@H]4C[C@H]34)[C@@H]2C1=O. The van der Waals surface area contributed by atoms with Gasteiger partial charge in [0, 0.05) is 6.42 Å². The minimum absolute atomic E-state index is 0.00945. The maximum Gasteiger partial charge on any atom is 0.416 e. The summed E-state index contributed by atoms with van der Waals surface area (Å²) in [4.78, 5) is 41.9. The molecule has 7 rings (SSSR count). The summed E-state index contributed by atoms with van der Waals surface area (Å²) >= 11 is 6.10. The first-order valence-electron chi connectivity index (χ1n) is 11.9. The number of imide groups is 1. The second-order valence-electron chi connectivity index (χ2n) is 10.1. The van der Waals surface area contributed by atoms with Crippen molar-refractivity contribution in [1.82, 2.24) is 4.90 Å². The van der Waals surface area contributed by atoms with E-state index in [-0.39, 0.29) is 40.8 Å². The minimum atomic E-state index is -4.63. The largest absolute Gasteiger partial charge is 0.416 e. The first kappa shape index (κ1) is 23.3. The van der Waals surface area contributed by atoms with Gasteiger partial charge in [-0.15, -0.1) is 0 Å². The van der Waals surface area contributed by atoms with Gasteiger partial charge < -0.3 is 5.32 Å². The predicted molar refractivity (Wildman–Crippen MR) is 126 cm³/mol. The third kappa shape index (κ3) is 3.65. The van der Waals surface area contributed by atoms with Gasteiger partial charge in [0.2, 0.25) is 17.7 Å². The van der Waals surface area contributed by atoms with Crippen molar-refractivity contribution in [3.8, 4) is 0 Å². The van der Waals surface area contributed by atoms with Crippen molar-refractivity contribution >= 4 is 35.0 Å². The van der Waals surface area contributed by atoms with E-state index in [0.29, 0.717) is 17.4 Å². The quantitative estimate of drug-likeness (QED) is 0.453. The van der Waals surface area contributed by atoms with Crippen LogP contribution in [0.4, 0.5) is 18.9 Å². The molecule has 2 aromatic carbocycles. The number of rotatable bonds is 5. The van der Waals surface area contributed by atoms with E-state index < -0.39 is 35.5 Å². The van der Waals surface area contributed by atoms with Gasteiger partial charge in [0.25, 0.3) is 0 Å². The van der Waals surface area contributed by atoms with Crippen LogP contribution in [0, 0.1) is 35.5 Å². The molecule has 9 heteroatoms. The van der Waals surface area contributed by atoms with Crippen molar-refractivity contribution in [3.63, 3.8) is 0 Å². The van der Waals surface area contributed by atoms with Gasteiger partial charge in [-0.3, -0.25) is 19.3 Å². The number of hydrogen-bond acceptors (Lipinski definition) is 3. The lowest BCUT2D eigenvalue weighted by Gasteiger charge is -2.37. The van der Waals surface area contributed by atoms with Crippen molar-refractivity contribution in [2.75, 3.05) is 5.32 Å². The third-order valence-electron chi connectivity index (χ3n) is 8.13. The summed E-state index contributed by atoms with van der Waals surface area (Å²) in [6.45, 7) is 0. The van der Waals surface area contributed by atoms with Gasteiger partial charge in [0.05, 0.1) is 28.1 Å². The Bertz CT molecular complexity index is 1260. The molecule has 1 aliphatic heterocycles. The van der Waals surface area contributed by atoms with Crippen molar-refractivity contribution in [2.24, 2.45) is 35.5 Å². The number of nitrogens with one attached hydrogen (secondary N) is 1. The summed E-state index contributed by atoms with van der Waals surface area (Å²) < 4.78 is 39.8. The van der Waals surface area contributed by atoms with Crippen LogP contribution >= 0.6 is 11.6 Å². The number of carbonyl (C=O) groups is 3. The van der Waals surface area contributed by atoms with E-state index in [1.807, 2.05) is 12.2 Å². The number of anilines is 1. The summed E-state index contributed by atoms with van der Waals surface area (Å²) in [6.07, 6.45) is 0.511. The Kier molecular flexibility index (Phi) is 5.30. The van der Waals surface area contributed by atoms with Crippen LogP contribution in [0.5, 0.6) is 0 Å². The van der Waals surface area contributed by atoms with Crippen molar-refractivity contribution in [1.29, 1.82) is 0 Å². The number of carbonyl (C=O) groups excluding carboxylic acids is 3. The maximum atomic E-state index is 13.7. The van der Waals surface area contributed by atoms with E-state index in [0.717, 1.165) is 29.5 Å². The standard InChI is InChI=1S/C27H22ClF3N2O3/c28-19-9-6-14(27(29,30)31)11-20(19)32-24(34)21(10-13-4-2-1-3-5-13)33-25(35)22-15-7-8-16(18-12-17(15)18)23(22)26(33)36/h1-9,11,15-18,21-23H,10,12H2,(H,32,34)/t15-,16-,17-,18-,21+,22-,23+/m1/s1. The Balaban J connectivity index is 1.34. The fourth-order valence-corrected chi connectivity index (χ4v) is 6.60. The molecule has 4 aliphatic carbocycles. The van der Waals surface area contributed by atoms with Crippen LogP contribution in [0.25, 0.3) is 0 Å². The average Bonchev–Trinajstić information content (AvgIpc) is 3.62. The van der Waals surface area contributed by atoms with E-state index in [4.69, 9.17) is 11.6 Å². The fraction of sp³-hybridized carbons (Fsp3) is 0.370. The van der Waals surface area contributed by atoms with Crippen LogP contribution in [-0.2, 0) is 27.0 Å². The number of halogens is 4. The zero-order valence-corrected chi connectivity index (χ0v) is 19.7. The highest BCUT2D eigenvalue weighted by Gasteiger charge is 2.67. The first-order valence-corrected chi connectivity index (χ1v) is 12.3. The van der Waals surface area contributed by atoms with E-state index in [1.165, 1.54) is 0 Å². The number of alkyl halides is 3. The second-order valence-corrected chi connectivity index (χ2v) is 10.5. The smallest absolute Gasteiger partial charge is 0.323 e. The summed E-state index contributed by atoms with van der Waals surface area (Å²) in [7, 11) is 0. The highest BCUT2D eigenvalue weighted by Crippen LogP contribution is 2.65. The number of amides is 3. The van der Waals surface area contributed by atoms with Crippen LogP contribution in [0.3, 0.4) is 0 Å². The van der Waals surface area contributed by atoms with Crippen molar-refractivity contribution in [2.45, 2.75) is 25.1 Å². The fourth-order valence-electron chi connectivity index (χ4n) is 6.44. The summed E-state index contributed by atoms with van der Waals surface area (Å²) in [6, 6.07) is 10.3. The molecular weight excluding hydrogens is 493 g/mol. The van der Waals surface area contributed by atoms with Gasteiger partial charge in [-0.2, -0.15) is 13.2 Å². The minimum Gasteiger partial charge on any atom is -0.323 e. The van der Waals surface area contributed by atoms with Gasteiger partial charge in [-0.05, 0) is 53.9 Å². The molecule has 3 fully saturated rings. The number of nitrogens with zero attached hydrogens (tertiary/aromatic N) is 1. The molecule has 2 bridgehead atoms. The topological polar surface area (TPSA) is 66.5 Å². The van der Waals surface area contributed by atoms with Gasteiger partial charge >= 0.3 is 6.18 Å². The molecule has 3 amide bonds. The average molecular weight is 515 g/mol. The van der Waals surface area contributed by atoms with Crippen LogP contribution < -0.4 is 5.32 Å². The molecule has 1 N–H and O–H groups in total. The van der Waals surface area contributed by atoms with Gasteiger partial charge in [-0.1, -0.05) is 54.1 Å². The normalized spacial score (nSPS) is 30.7. The zero-order chi connectivity index (χ0) is 25.4. The maximum absolute atomic E-state index is 13.7. The van der Waals surface area contributed by atoms with Gasteiger partial charge in [-0.25, -0.2) is 0 Å². The molecule has 0 aromatic heterocycles. The Labute approximate surface area is 210 Å². The Morgan fingerprint density at radius 2 is 1.61 bits per heavy atom. The molecule has 7 atom stereocenters. The Morgan fingerprint density at radius 3 is 2.19 bits per heavy atom. The molecule has 0 spiro atoms. The highest BCUT2D eigenvalue weighted by atomic mass is 35.5. The summed E-state index contributed by atoms with van der Waals surface area (Å²) in [5.74, 6) is -1.69. The zero-order valence-electron chi connectivity index (χ0n) is 18.9. The molecule has 5 aliphatic rings. The molecular formula is C27H22ClF3N2O3. The van der Waals surface area contributed by atoms with Gasteiger partial charge in [0.15, 0.2) is 0 Å². The lowest BCUT2D eigenvalue weighted by Crippen LogP contribution is -2.49. The molecule has 1 heterocycles. The molecule has 36 heavy (non-hydrogen) atoms. The summed E-state index contributed by atoms with van der Waals surface area (Å²) in [5.41, 5.74) is -0.482. The number of hydrogen-bond donors (Lipinski definition) is 1. The lowest BCUT2D eigenvalue weighted by molar-refractivity contribution is -0.146. The molecule has 1 saturated heterocycles. The number of benzene rings is 2. The molecule has 2 aromatic rings. The van der Waals surface area contributed by atoms with Gasteiger partial charge in [0.1, 0.15) is 6.04 Å². The predicted octanol–water partition coefficient (Wildman–Crippen LogP) is 4.96. The molecule has 0 radical (unpaired) electrons. The van der Waals surface area contributed by atoms with Crippen LogP contribution in [0.1, 0.15) is 17.5 Å². The van der Waals surface area contributed by atoms with E-state index in [9.17, 15) is 27.6 Å². The number of allylic oxidation sites excluding steroid dienone is 2. The van der Waals surface area contributed by atoms with Crippen LogP contribution in [0.15, 0.2) is 60.7 Å². The molecule has 2 saturated carbocycles. The van der Waals surface area contributed by atoms with E-state index in [1.54, 1.807) is 30.3 Å². The highest BCUT2D eigenvalue weighted by molar-refractivity contribution is 6.33.